The van der Waals surface area contributed by atoms with Crippen molar-refractivity contribution in [2.24, 2.45) is 0 Å². The largest absolute Gasteiger partial charge is 0.354 e. The normalized spacial score (nSPS) is 19.9. The van der Waals surface area contributed by atoms with Crippen molar-refractivity contribution in [3.63, 3.8) is 0 Å². The number of halogens is 1. The van der Waals surface area contributed by atoms with Crippen LogP contribution in [0.1, 0.15) is 12.0 Å². The van der Waals surface area contributed by atoms with Crippen LogP contribution in [-0.4, -0.2) is 26.9 Å². The van der Waals surface area contributed by atoms with Crippen molar-refractivity contribution >= 4 is 31.9 Å². The first-order chi connectivity index (χ1) is 8.38. The van der Waals surface area contributed by atoms with Crippen LogP contribution in [0.25, 0.3) is 0 Å². The van der Waals surface area contributed by atoms with Crippen molar-refractivity contribution in [1.29, 1.82) is 0 Å². The number of carbonyl (C=O) groups excluding carboxylic acids is 1. The van der Waals surface area contributed by atoms with Crippen LogP contribution in [0.4, 0.5) is 0 Å². The van der Waals surface area contributed by atoms with Crippen LogP contribution >= 0.6 is 15.9 Å². The van der Waals surface area contributed by atoms with Crippen LogP contribution in [-0.2, 0) is 14.8 Å². The fourth-order valence-electron chi connectivity index (χ4n) is 1.80. The number of amides is 1. The predicted molar refractivity (Wildman–Crippen MR) is 70.6 cm³/mol. The van der Waals surface area contributed by atoms with Crippen molar-refractivity contribution in [1.82, 2.24) is 10.0 Å². The first-order valence-corrected chi connectivity index (χ1v) is 7.71. The molecule has 1 amide bonds. The minimum absolute atomic E-state index is 0.134. The van der Waals surface area contributed by atoms with Gasteiger partial charge in [-0.2, -0.15) is 0 Å². The average molecular weight is 333 g/mol. The van der Waals surface area contributed by atoms with E-state index in [1.165, 1.54) is 0 Å². The molecule has 0 radical (unpaired) electrons. The van der Waals surface area contributed by atoms with Gasteiger partial charge in [0.05, 0.1) is 4.90 Å². The highest BCUT2D eigenvalue weighted by Crippen LogP contribution is 2.23. The average Bonchev–Trinajstić information content (AvgIpc) is 2.62. The van der Waals surface area contributed by atoms with Crippen molar-refractivity contribution in [3.8, 4) is 0 Å². The molecule has 1 aromatic rings. The second-order valence-corrected chi connectivity index (χ2v) is 6.80. The maximum atomic E-state index is 12.1. The zero-order chi connectivity index (χ0) is 13.3. The molecule has 1 atom stereocenters. The van der Waals surface area contributed by atoms with E-state index in [-0.39, 0.29) is 23.3 Å². The molecule has 2 N–H and O–H groups in total. The number of rotatable bonds is 3. The molecule has 1 fully saturated rings. The van der Waals surface area contributed by atoms with Gasteiger partial charge in [-0.25, -0.2) is 13.1 Å². The van der Waals surface area contributed by atoms with Crippen LogP contribution in [0, 0.1) is 6.92 Å². The highest BCUT2D eigenvalue weighted by Gasteiger charge is 2.27. The van der Waals surface area contributed by atoms with Gasteiger partial charge < -0.3 is 5.32 Å². The van der Waals surface area contributed by atoms with Gasteiger partial charge in [-0.05, 0) is 40.5 Å². The fraction of sp³-hybridized carbons (Fsp3) is 0.364. The van der Waals surface area contributed by atoms with E-state index in [1.807, 2.05) is 6.92 Å². The van der Waals surface area contributed by atoms with Crippen LogP contribution < -0.4 is 10.0 Å². The molecule has 18 heavy (non-hydrogen) atoms. The van der Waals surface area contributed by atoms with E-state index in [2.05, 4.69) is 26.0 Å². The predicted octanol–water partition coefficient (Wildman–Crippen LogP) is 0.924. The van der Waals surface area contributed by atoms with Crippen LogP contribution in [0.2, 0.25) is 0 Å². The SMILES string of the molecule is Cc1ccc(S(=O)(=O)NC2CNC(=O)C2)c(Br)c1. The highest BCUT2D eigenvalue weighted by atomic mass is 79.9. The van der Waals surface area contributed by atoms with Gasteiger partial charge in [0, 0.05) is 23.5 Å². The van der Waals surface area contributed by atoms with Gasteiger partial charge in [-0.15, -0.1) is 0 Å². The second-order valence-electron chi connectivity index (χ2n) is 4.26. The Morgan fingerprint density at radius 3 is 2.72 bits per heavy atom. The number of hydrogen-bond acceptors (Lipinski definition) is 3. The highest BCUT2D eigenvalue weighted by molar-refractivity contribution is 9.10. The Morgan fingerprint density at radius 1 is 1.44 bits per heavy atom. The van der Waals surface area contributed by atoms with Gasteiger partial charge in [-0.3, -0.25) is 4.79 Å². The molecule has 98 valence electrons. The zero-order valence-corrected chi connectivity index (χ0v) is 12.1. The summed E-state index contributed by atoms with van der Waals surface area (Å²) in [5.74, 6) is -0.134. The third kappa shape index (κ3) is 2.90. The van der Waals surface area contributed by atoms with Gasteiger partial charge in [0.2, 0.25) is 15.9 Å². The summed E-state index contributed by atoms with van der Waals surface area (Å²) in [7, 11) is -3.60. The van der Waals surface area contributed by atoms with E-state index in [4.69, 9.17) is 0 Å². The molecule has 0 aromatic heterocycles. The molecule has 5 nitrogen and oxygen atoms in total. The van der Waals surface area contributed by atoms with Gasteiger partial charge in [-0.1, -0.05) is 6.07 Å². The Hall–Kier alpha value is -0.920. The summed E-state index contributed by atoms with van der Waals surface area (Å²) in [5, 5.41) is 2.59. The van der Waals surface area contributed by atoms with Crippen LogP contribution in [0.3, 0.4) is 0 Å². The van der Waals surface area contributed by atoms with Crippen molar-refractivity contribution in [2.75, 3.05) is 6.54 Å². The maximum Gasteiger partial charge on any atom is 0.242 e. The van der Waals surface area contributed by atoms with Crippen LogP contribution in [0.5, 0.6) is 0 Å². The molecule has 1 saturated heterocycles. The number of hydrogen-bond donors (Lipinski definition) is 2. The molecule has 0 saturated carbocycles. The molecule has 0 spiro atoms. The van der Waals surface area contributed by atoms with E-state index in [9.17, 15) is 13.2 Å². The van der Waals surface area contributed by atoms with Gasteiger partial charge in [0.25, 0.3) is 0 Å². The fourth-order valence-corrected chi connectivity index (χ4v) is 4.22. The Balaban J connectivity index is 2.23. The Kier molecular flexibility index (Phi) is 3.74. The van der Waals surface area contributed by atoms with E-state index in [0.717, 1.165) is 5.56 Å². The number of carbonyl (C=O) groups is 1. The number of aryl methyl sites for hydroxylation is 1. The maximum absolute atomic E-state index is 12.1. The molecule has 1 aliphatic heterocycles. The van der Waals surface area contributed by atoms with E-state index in [0.29, 0.717) is 11.0 Å². The lowest BCUT2D eigenvalue weighted by Gasteiger charge is -2.12. The van der Waals surface area contributed by atoms with E-state index < -0.39 is 10.0 Å². The summed E-state index contributed by atoms with van der Waals surface area (Å²) in [6.07, 6.45) is 0.183. The Labute approximate surface area is 114 Å². The number of nitrogens with one attached hydrogen (secondary N) is 2. The summed E-state index contributed by atoms with van der Waals surface area (Å²) >= 11 is 3.24. The molecule has 1 heterocycles. The zero-order valence-electron chi connectivity index (χ0n) is 9.73. The number of sulfonamides is 1. The van der Waals surface area contributed by atoms with Crippen molar-refractivity contribution in [3.05, 3.63) is 28.2 Å². The van der Waals surface area contributed by atoms with Gasteiger partial charge in [0.1, 0.15) is 0 Å². The number of benzene rings is 1. The van der Waals surface area contributed by atoms with E-state index in [1.54, 1.807) is 18.2 Å². The molecule has 0 bridgehead atoms. The van der Waals surface area contributed by atoms with E-state index >= 15 is 0 Å². The lowest BCUT2D eigenvalue weighted by Crippen LogP contribution is -2.36. The molecule has 7 heteroatoms. The molecule has 1 aliphatic rings. The molecular formula is C11H13BrN2O3S. The molecule has 1 unspecified atom stereocenters. The quantitative estimate of drug-likeness (QED) is 0.864. The third-order valence-corrected chi connectivity index (χ3v) is 5.17. The molecular weight excluding hydrogens is 320 g/mol. The smallest absolute Gasteiger partial charge is 0.242 e. The summed E-state index contributed by atoms with van der Waals surface area (Å²) in [4.78, 5) is 11.2. The lowest BCUT2D eigenvalue weighted by molar-refractivity contribution is -0.119. The summed E-state index contributed by atoms with van der Waals surface area (Å²) < 4.78 is 27.3. The Bertz CT molecular complexity index is 586. The standard InChI is InChI=1S/C11H13BrN2O3S/c1-7-2-3-10(9(12)4-7)18(16,17)14-8-5-11(15)13-6-8/h2-4,8,14H,5-6H2,1H3,(H,13,15). The van der Waals surface area contributed by atoms with Crippen LogP contribution in [0.15, 0.2) is 27.6 Å². The minimum atomic E-state index is -3.60. The van der Waals surface area contributed by atoms with Gasteiger partial charge in [0.15, 0.2) is 0 Å². The first-order valence-electron chi connectivity index (χ1n) is 5.44. The van der Waals surface area contributed by atoms with Gasteiger partial charge >= 0.3 is 0 Å². The monoisotopic (exact) mass is 332 g/mol. The summed E-state index contributed by atoms with van der Waals surface area (Å²) in [5.41, 5.74) is 0.971. The second kappa shape index (κ2) is 4.99. The third-order valence-electron chi connectivity index (χ3n) is 2.68. The molecule has 1 aromatic carbocycles. The van der Waals surface area contributed by atoms with Crippen molar-refractivity contribution < 1.29 is 13.2 Å². The summed E-state index contributed by atoms with van der Waals surface area (Å²) in [6, 6.07) is 4.64. The topological polar surface area (TPSA) is 75.3 Å². The summed E-state index contributed by atoms with van der Waals surface area (Å²) in [6.45, 7) is 2.22. The molecule has 2 rings (SSSR count). The first kappa shape index (κ1) is 13.5. The minimum Gasteiger partial charge on any atom is -0.354 e. The lowest BCUT2D eigenvalue weighted by atomic mass is 10.2. The Morgan fingerprint density at radius 2 is 2.17 bits per heavy atom. The molecule has 0 aliphatic carbocycles. The van der Waals surface area contributed by atoms with Crippen molar-refractivity contribution in [2.45, 2.75) is 24.3 Å².